The minimum Gasteiger partial charge on any atom is -0.493 e. The van der Waals surface area contributed by atoms with Gasteiger partial charge in [0, 0.05) is 29.0 Å². The summed E-state index contributed by atoms with van der Waals surface area (Å²) in [6.45, 7) is 5.43. The molecule has 3 rings (SSSR count). The molecule has 4 N–H and O–H groups in total. The molecule has 0 saturated heterocycles. The van der Waals surface area contributed by atoms with Crippen LogP contribution in [0.1, 0.15) is 20.3 Å². The Balaban J connectivity index is 0.000000279. The third-order valence-corrected chi connectivity index (χ3v) is 3.80. The number of nitrogens with zero attached hydrogens (tertiary/aromatic N) is 2. The average molecular weight is 373 g/mol. The number of aromatic nitrogens is 2. The quantitative estimate of drug-likeness (QED) is 0.605. The van der Waals surface area contributed by atoms with Crippen molar-refractivity contribution in [2.45, 2.75) is 32.9 Å². The van der Waals surface area contributed by atoms with Crippen LogP contribution in [-0.2, 0) is 20.9 Å². The normalized spacial score (nSPS) is 15.6. The molecule has 8 nitrogen and oxygen atoms in total. The number of carbonyl (C=O) groups is 2. The zero-order chi connectivity index (χ0) is 20.0. The SMILES string of the molecule is CCOC1=C2C=c3c(cnn3CC(C)N)=C2CC=C1.O=C(O)/C=C/C(=O)O. The van der Waals surface area contributed by atoms with Gasteiger partial charge in [0.2, 0.25) is 0 Å². The summed E-state index contributed by atoms with van der Waals surface area (Å²) in [7, 11) is 0. The predicted molar refractivity (Wildman–Crippen MR) is 99.8 cm³/mol. The number of hydrogen-bond acceptors (Lipinski definition) is 5. The van der Waals surface area contributed by atoms with Gasteiger partial charge in [-0.1, -0.05) is 6.08 Å². The molecule has 1 heterocycles. The lowest BCUT2D eigenvalue weighted by Crippen LogP contribution is -2.33. The molecule has 1 aromatic heterocycles. The van der Waals surface area contributed by atoms with Gasteiger partial charge in [-0.2, -0.15) is 5.10 Å². The molecule has 8 heteroatoms. The molecule has 0 fully saturated rings. The van der Waals surface area contributed by atoms with E-state index in [-0.39, 0.29) is 6.04 Å². The van der Waals surface area contributed by atoms with Crippen LogP contribution in [0.15, 0.2) is 41.8 Å². The molecular weight excluding hydrogens is 350 g/mol. The maximum absolute atomic E-state index is 9.55. The molecule has 0 aromatic carbocycles. The van der Waals surface area contributed by atoms with Crippen molar-refractivity contribution in [3.8, 4) is 0 Å². The van der Waals surface area contributed by atoms with E-state index in [9.17, 15) is 9.59 Å². The Kier molecular flexibility index (Phi) is 6.73. The van der Waals surface area contributed by atoms with Gasteiger partial charge in [-0.25, -0.2) is 9.59 Å². The zero-order valence-corrected chi connectivity index (χ0v) is 15.3. The monoisotopic (exact) mass is 373 g/mol. The standard InChI is InChI=1S/C15H19N3O.C4H4O4/c1-3-19-15-6-4-5-11-12(15)7-14-13(11)8-17-18(14)9-10(2)16;5-3(6)1-2-4(7)8/h4,6-8,10H,3,5,9,16H2,1-2H3;1-2H,(H,5,6)(H,7,8)/b;2-1+. The second kappa shape index (κ2) is 9.00. The lowest BCUT2D eigenvalue weighted by molar-refractivity contribution is -0.134. The van der Waals surface area contributed by atoms with Gasteiger partial charge in [0.25, 0.3) is 0 Å². The first-order valence-electron chi connectivity index (χ1n) is 8.53. The highest BCUT2D eigenvalue weighted by atomic mass is 16.5. The second-order valence-corrected chi connectivity index (χ2v) is 6.05. The van der Waals surface area contributed by atoms with E-state index < -0.39 is 11.9 Å². The van der Waals surface area contributed by atoms with E-state index in [0.717, 1.165) is 24.1 Å². The van der Waals surface area contributed by atoms with Crippen molar-refractivity contribution in [2.75, 3.05) is 6.61 Å². The summed E-state index contributed by atoms with van der Waals surface area (Å²) in [6, 6.07) is 0.100. The molecular formula is C19H23N3O5. The maximum atomic E-state index is 9.55. The first-order chi connectivity index (χ1) is 12.8. The zero-order valence-electron chi connectivity index (χ0n) is 15.3. The number of ether oxygens (including phenoxy) is 1. The van der Waals surface area contributed by atoms with Crippen molar-refractivity contribution in [1.29, 1.82) is 0 Å². The van der Waals surface area contributed by atoms with E-state index >= 15 is 0 Å². The molecule has 2 aliphatic carbocycles. The second-order valence-electron chi connectivity index (χ2n) is 6.05. The third-order valence-electron chi connectivity index (χ3n) is 3.80. The van der Waals surface area contributed by atoms with Crippen molar-refractivity contribution in [3.63, 3.8) is 0 Å². The number of carboxylic acid groups (broad SMARTS) is 2. The first-order valence-corrected chi connectivity index (χ1v) is 8.53. The molecule has 144 valence electrons. The van der Waals surface area contributed by atoms with Gasteiger partial charge in [0.05, 0.1) is 24.7 Å². The third kappa shape index (κ3) is 5.18. The number of carboxylic acids is 2. The lowest BCUT2D eigenvalue weighted by atomic mass is 9.99. The molecule has 0 spiro atoms. The Bertz CT molecular complexity index is 919. The van der Waals surface area contributed by atoms with Crippen molar-refractivity contribution in [2.24, 2.45) is 5.73 Å². The van der Waals surface area contributed by atoms with Crippen LogP contribution in [0.4, 0.5) is 0 Å². The molecule has 0 radical (unpaired) electrons. The van der Waals surface area contributed by atoms with Gasteiger partial charge in [-0.15, -0.1) is 0 Å². The van der Waals surface area contributed by atoms with Crippen LogP contribution in [0, 0.1) is 0 Å². The molecule has 0 amide bonds. The highest BCUT2D eigenvalue weighted by molar-refractivity contribution is 5.89. The van der Waals surface area contributed by atoms with Gasteiger partial charge < -0.3 is 20.7 Å². The van der Waals surface area contributed by atoms with E-state index in [0.29, 0.717) is 18.8 Å². The molecule has 0 aliphatic heterocycles. The Hall–Kier alpha value is -3.13. The van der Waals surface area contributed by atoms with E-state index in [1.807, 2.05) is 24.7 Å². The van der Waals surface area contributed by atoms with Crippen molar-refractivity contribution in [3.05, 3.63) is 52.4 Å². The lowest BCUT2D eigenvalue weighted by Gasteiger charge is -2.14. The highest BCUT2D eigenvalue weighted by Crippen LogP contribution is 2.28. The van der Waals surface area contributed by atoms with Crippen molar-refractivity contribution in [1.82, 2.24) is 9.78 Å². The van der Waals surface area contributed by atoms with Crippen LogP contribution in [0.5, 0.6) is 0 Å². The van der Waals surface area contributed by atoms with Crippen LogP contribution in [-0.4, -0.2) is 44.6 Å². The minimum absolute atomic E-state index is 0.100. The average Bonchev–Trinajstić information content (AvgIpc) is 3.14. The molecule has 1 aromatic rings. The van der Waals surface area contributed by atoms with E-state index in [1.54, 1.807) is 0 Å². The molecule has 2 aliphatic rings. The maximum Gasteiger partial charge on any atom is 0.328 e. The van der Waals surface area contributed by atoms with Crippen molar-refractivity contribution >= 4 is 23.6 Å². The first kappa shape index (κ1) is 20.2. The number of fused-ring (bicyclic) bond motifs is 2. The van der Waals surface area contributed by atoms with Gasteiger partial charge in [0.1, 0.15) is 5.76 Å². The van der Waals surface area contributed by atoms with Gasteiger partial charge in [-0.3, -0.25) is 4.68 Å². The van der Waals surface area contributed by atoms with Gasteiger partial charge >= 0.3 is 11.9 Å². The van der Waals surface area contributed by atoms with Crippen LogP contribution >= 0.6 is 0 Å². The summed E-state index contributed by atoms with van der Waals surface area (Å²) >= 11 is 0. The van der Waals surface area contributed by atoms with Gasteiger partial charge in [-0.05, 0) is 38.0 Å². The molecule has 1 unspecified atom stereocenters. The van der Waals surface area contributed by atoms with Crippen molar-refractivity contribution < 1.29 is 24.5 Å². The molecule has 0 bridgehead atoms. The van der Waals surface area contributed by atoms with Crippen LogP contribution in [0.3, 0.4) is 0 Å². The highest BCUT2D eigenvalue weighted by Gasteiger charge is 2.20. The minimum atomic E-state index is -1.26. The van der Waals surface area contributed by atoms with Gasteiger partial charge in [0.15, 0.2) is 0 Å². The molecule has 1 atom stereocenters. The number of hydrogen-bond donors (Lipinski definition) is 3. The summed E-state index contributed by atoms with van der Waals surface area (Å²) in [5.41, 5.74) is 8.39. The molecule has 0 saturated carbocycles. The van der Waals surface area contributed by atoms with E-state index in [2.05, 4.69) is 23.3 Å². The summed E-state index contributed by atoms with van der Waals surface area (Å²) in [5, 5.41) is 22.4. The fourth-order valence-electron chi connectivity index (χ4n) is 2.80. The summed E-state index contributed by atoms with van der Waals surface area (Å²) in [6.07, 6.45) is 10.4. The van der Waals surface area contributed by atoms with Crippen LogP contribution in [0.25, 0.3) is 11.6 Å². The Morgan fingerprint density at radius 1 is 1.37 bits per heavy atom. The fourth-order valence-corrected chi connectivity index (χ4v) is 2.80. The van der Waals surface area contributed by atoms with Crippen LogP contribution in [0.2, 0.25) is 0 Å². The largest absolute Gasteiger partial charge is 0.493 e. The topological polar surface area (TPSA) is 128 Å². The van der Waals surface area contributed by atoms with E-state index in [1.165, 1.54) is 16.4 Å². The number of aliphatic carboxylic acids is 2. The Morgan fingerprint density at radius 3 is 2.59 bits per heavy atom. The fraction of sp³-hybridized carbons (Fsp3) is 0.316. The summed E-state index contributed by atoms with van der Waals surface area (Å²) < 4.78 is 7.69. The summed E-state index contributed by atoms with van der Waals surface area (Å²) in [5.74, 6) is -1.55. The Morgan fingerprint density at radius 2 is 2.04 bits per heavy atom. The Labute approximate surface area is 156 Å². The van der Waals surface area contributed by atoms with Crippen LogP contribution < -0.4 is 16.3 Å². The summed E-state index contributed by atoms with van der Waals surface area (Å²) in [4.78, 5) is 19.1. The molecule has 27 heavy (non-hydrogen) atoms. The predicted octanol–water partition coefficient (Wildman–Crippen LogP) is 0.137. The van der Waals surface area contributed by atoms with E-state index in [4.69, 9.17) is 20.7 Å². The smallest absolute Gasteiger partial charge is 0.328 e. The number of nitrogens with two attached hydrogens (primary N) is 1. The number of rotatable bonds is 6. The number of allylic oxidation sites excluding steroid dienone is 3.